The minimum Gasteiger partial charge on any atom is -0.487 e. The van der Waals surface area contributed by atoms with Crippen LogP contribution in [0.25, 0.3) is 11.5 Å². The van der Waals surface area contributed by atoms with Crippen molar-refractivity contribution in [1.29, 1.82) is 0 Å². The van der Waals surface area contributed by atoms with E-state index < -0.39 is 0 Å². The van der Waals surface area contributed by atoms with E-state index in [1.807, 2.05) is 61.5 Å². The van der Waals surface area contributed by atoms with Crippen molar-refractivity contribution in [2.75, 3.05) is 13.7 Å². The molecule has 1 aliphatic rings. The zero-order chi connectivity index (χ0) is 20.9. The molecule has 4 rings (SSSR count). The summed E-state index contributed by atoms with van der Waals surface area (Å²) in [4.78, 5) is 18.7. The number of rotatable bonds is 7. The summed E-state index contributed by atoms with van der Waals surface area (Å²) in [5.41, 5.74) is 2.83. The van der Waals surface area contributed by atoms with Crippen LogP contribution in [0.15, 0.2) is 59.0 Å². The molecule has 2 heterocycles. The number of methoxy groups -OCH3 is 1. The average molecular weight is 406 g/mol. The highest BCUT2D eigenvalue weighted by Crippen LogP contribution is 2.25. The largest absolute Gasteiger partial charge is 0.487 e. The zero-order valence-electron chi connectivity index (χ0n) is 17.3. The molecule has 0 radical (unpaired) electrons. The quantitative estimate of drug-likeness (QED) is 0.543. The van der Waals surface area contributed by atoms with Gasteiger partial charge in [0, 0.05) is 12.1 Å². The molecule has 0 amide bonds. The van der Waals surface area contributed by atoms with E-state index in [1.165, 1.54) is 7.11 Å². The van der Waals surface area contributed by atoms with Gasteiger partial charge in [0.1, 0.15) is 29.9 Å². The number of hydrogen-bond acceptors (Lipinski definition) is 6. The van der Waals surface area contributed by atoms with Gasteiger partial charge in [-0.05, 0) is 56.1 Å². The summed E-state index contributed by atoms with van der Waals surface area (Å²) in [6.45, 7) is 3.82. The summed E-state index contributed by atoms with van der Waals surface area (Å²) >= 11 is 0. The molecule has 156 valence electrons. The van der Waals surface area contributed by atoms with Gasteiger partial charge in [-0.3, -0.25) is 9.69 Å². The molecule has 6 heteroatoms. The number of nitrogens with zero attached hydrogens (tertiary/aromatic N) is 2. The molecule has 3 aromatic rings. The highest BCUT2D eigenvalue weighted by Gasteiger charge is 2.31. The van der Waals surface area contributed by atoms with Crippen LogP contribution in [0.2, 0.25) is 0 Å². The van der Waals surface area contributed by atoms with Gasteiger partial charge in [0.2, 0.25) is 5.89 Å². The molecule has 1 saturated heterocycles. The van der Waals surface area contributed by atoms with Crippen LogP contribution in [0.1, 0.15) is 29.9 Å². The van der Waals surface area contributed by atoms with E-state index in [-0.39, 0.29) is 12.0 Å². The van der Waals surface area contributed by atoms with Gasteiger partial charge < -0.3 is 13.9 Å². The third-order valence-corrected chi connectivity index (χ3v) is 5.41. The summed E-state index contributed by atoms with van der Waals surface area (Å²) in [7, 11) is 1.45. The van der Waals surface area contributed by atoms with E-state index in [0.29, 0.717) is 19.0 Å². The van der Waals surface area contributed by atoms with Crippen molar-refractivity contribution < 1.29 is 18.7 Å². The Hall–Kier alpha value is -3.12. The van der Waals surface area contributed by atoms with Crippen LogP contribution in [0.3, 0.4) is 0 Å². The molecule has 0 aliphatic carbocycles. The number of carbonyl (C=O) groups excluding carboxylic acids is 1. The van der Waals surface area contributed by atoms with Gasteiger partial charge in [0.05, 0.1) is 7.11 Å². The Labute approximate surface area is 176 Å². The molecule has 30 heavy (non-hydrogen) atoms. The number of oxazole rings is 1. The molecule has 0 saturated carbocycles. The Morgan fingerprint density at radius 3 is 2.83 bits per heavy atom. The summed E-state index contributed by atoms with van der Waals surface area (Å²) in [5.74, 6) is 1.96. The number of likely N-dealkylation sites (tertiary alicyclic amines) is 1. The number of esters is 1. The molecular weight excluding hydrogens is 380 g/mol. The third-order valence-electron chi connectivity index (χ3n) is 5.41. The average Bonchev–Trinajstić information content (AvgIpc) is 3.39. The van der Waals surface area contributed by atoms with Gasteiger partial charge in [-0.15, -0.1) is 0 Å². The Morgan fingerprint density at radius 2 is 2.03 bits per heavy atom. The lowest BCUT2D eigenvalue weighted by Gasteiger charge is -2.22. The fourth-order valence-corrected chi connectivity index (χ4v) is 3.80. The van der Waals surface area contributed by atoms with Gasteiger partial charge >= 0.3 is 5.97 Å². The smallest absolute Gasteiger partial charge is 0.323 e. The van der Waals surface area contributed by atoms with Crippen LogP contribution in [-0.4, -0.2) is 35.5 Å². The first kappa shape index (κ1) is 20.2. The Kier molecular flexibility index (Phi) is 6.14. The van der Waals surface area contributed by atoms with E-state index in [4.69, 9.17) is 13.9 Å². The molecule has 0 unspecified atom stereocenters. The summed E-state index contributed by atoms with van der Waals surface area (Å²) in [6, 6.07) is 17.6. The summed E-state index contributed by atoms with van der Waals surface area (Å²) in [6.07, 6.45) is 1.85. The number of benzene rings is 2. The molecule has 1 aliphatic heterocycles. The van der Waals surface area contributed by atoms with E-state index in [1.54, 1.807) is 0 Å². The second kappa shape index (κ2) is 9.13. The molecule has 1 atom stereocenters. The van der Waals surface area contributed by atoms with Crippen molar-refractivity contribution in [2.24, 2.45) is 0 Å². The summed E-state index contributed by atoms with van der Waals surface area (Å²) in [5, 5.41) is 0. The van der Waals surface area contributed by atoms with Crippen molar-refractivity contribution in [3.8, 4) is 17.2 Å². The van der Waals surface area contributed by atoms with Gasteiger partial charge in [-0.2, -0.15) is 0 Å². The lowest BCUT2D eigenvalue weighted by molar-refractivity contribution is -0.146. The van der Waals surface area contributed by atoms with E-state index in [0.717, 1.165) is 47.7 Å². The van der Waals surface area contributed by atoms with Gasteiger partial charge in [-0.1, -0.05) is 30.3 Å². The maximum Gasteiger partial charge on any atom is 0.323 e. The van der Waals surface area contributed by atoms with Crippen LogP contribution in [0.4, 0.5) is 0 Å². The SMILES string of the molecule is COC(=O)[C@H]1CCCN1Cc1cccc(OCc2nc(-c3ccccc3)oc2C)c1. The van der Waals surface area contributed by atoms with Gasteiger partial charge in [0.25, 0.3) is 0 Å². The zero-order valence-corrected chi connectivity index (χ0v) is 17.3. The molecule has 0 N–H and O–H groups in total. The lowest BCUT2D eigenvalue weighted by atomic mass is 10.1. The monoisotopic (exact) mass is 406 g/mol. The van der Waals surface area contributed by atoms with Crippen LogP contribution < -0.4 is 4.74 Å². The van der Waals surface area contributed by atoms with E-state index in [2.05, 4.69) is 9.88 Å². The number of ether oxygens (including phenoxy) is 2. The Bertz CT molecular complexity index is 999. The predicted octanol–water partition coefficient (Wildman–Crippen LogP) is 4.37. The minimum absolute atomic E-state index is 0.157. The van der Waals surface area contributed by atoms with Crippen LogP contribution >= 0.6 is 0 Å². The second-order valence-corrected chi connectivity index (χ2v) is 7.48. The number of aryl methyl sites for hydroxylation is 1. The number of aromatic nitrogens is 1. The van der Waals surface area contributed by atoms with Crippen molar-refractivity contribution in [2.45, 2.75) is 39.0 Å². The lowest BCUT2D eigenvalue weighted by Crippen LogP contribution is -2.36. The van der Waals surface area contributed by atoms with Crippen LogP contribution in [0.5, 0.6) is 5.75 Å². The minimum atomic E-state index is -0.159. The van der Waals surface area contributed by atoms with Crippen molar-refractivity contribution in [3.05, 3.63) is 71.6 Å². The predicted molar refractivity (Wildman–Crippen MR) is 113 cm³/mol. The first-order valence-electron chi connectivity index (χ1n) is 10.2. The highest BCUT2D eigenvalue weighted by atomic mass is 16.5. The summed E-state index contributed by atoms with van der Waals surface area (Å²) < 4.78 is 16.7. The molecule has 2 aromatic carbocycles. The maximum atomic E-state index is 12.0. The van der Waals surface area contributed by atoms with Crippen molar-refractivity contribution in [3.63, 3.8) is 0 Å². The van der Waals surface area contributed by atoms with E-state index >= 15 is 0 Å². The second-order valence-electron chi connectivity index (χ2n) is 7.48. The Morgan fingerprint density at radius 1 is 1.20 bits per heavy atom. The first-order chi connectivity index (χ1) is 14.6. The normalized spacial score (nSPS) is 16.5. The van der Waals surface area contributed by atoms with Crippen LogP contribution in [0, 0.1) is 6.92 Å². The van der Waals surface area contributed by atoms with Crippen molar-refractivity contribution in [1.82, 2.24) is 9.88 Å². The third kappa shape index (κ3) is 4.54. The Balaban J connectivity index is 1.41. The molecule has 6 nitrogen and oxygen atoms in total. The fraction of sp³-hybridized carbons (Fsp3) is 0.333. The first-order valence-corrected chi connectivity index (χ1v) is 10.2. The molecule has 1 fully saturated rings. The topological polar surface area (TPSA) is 64.8 Å². The van der Waals surface area contributed by atoms with Crippen LogP contribution in [-0.2, 0) is 22.7 Å². The molecule has 1 aromatic heterocycles. The maximum absolute atomic E-state index is 12.0. The molecule has 0 spiro atoms. The van der Waals surface area contributed by atoms with Crippen molar-refractivity contribution >= 4 is 5.97 Å². The molecular formula is C24H26N2O4. The molecule has 0 bridgehead atoms. The number of hydrogen-bond donors (Lipinski definition) is 0. The standard InChI is InChI=1S/C24H26N2O4/c1-17-21(25-23(30-17)19-9-4-3-5-10-19)16-29-20-11-6-8-18(14-20)15-26-13-7-12-22(26)24(27)28-2/h3-6,8-11,14,22H,7,12-13,15-16H2,1-2H3/t22-/m1/s1. The van der Waals surface area contributed by atoms with Gasteiger partial charge in [-0.25, -0.2) is 4.98 Å². The van der Waals surface area contributed by atoms with E-state index in [9.17, 15) is 4.79 Å². The number of carbonyl (C=O) groups is 1. The highest BCUT2D eigenvalue weighted by molar-refractivity contribution is 5.76. The van der Waals surface area contributed by atoms with Gasteiger partial charge in [0.15, 0.2) is 0 Å². The fourth-order valence-electron chi connectivity index (χ4n) is 3.80.